The molecular formula is C25H19N3O. The molecular weight excluding hydrogens is 358 g/mol. The minimum absolute atomic E-state index is 0.262. The normalized spacial score (nSPS) is 11.1. The maximum absolute atomic E-state index is 12.6. The third-order valence-electron chi connectivity index (χ3n) is 4.51. The first-order valence-electron chi connectivity index (χ1n) is 9.30. The number of hydrogen-bond acceptors (Lipinski definition) is 3. The van der Waals surface area contributed by atoms with Gasteiger partial charge in [-0.05, 0) is 35.4 Å². The van der Waals surface area contributed by atoms with E-state index in [1.165, 1.54) is 0 Å². The number of benzene rings is 3. The van der Waals surface area contributed by atoms with E-state index in [1.807, 2.05) is 84.9 Å². The van der Waals surface area contributed by atoms with E-state index in [2.05, 4.69) is 15.5 Å². The van der Waals surface area contributed by atoms with Crippen molar-refractivity contribution in [3.63, 3.8) is 0 Å². The predicted octanol–water partition coefficient (Wildman–Crippen LogP) is 4.93. The average molecular weight is 377 g/mol. The Kier molecular flexibility index (Phi) is 5.53. The zero-order valence-electron chi connectivity index (χ0n) is 15.7. The highest BCUT2D eigenvalue weighted by molar-refractivity contribution is 6.13. The molecule has 0 spiro atoms. The number of nitrogens with one attached hydrogen (secondary N) is 1. The molecule has 0 bridgehead atoms. The van der Waals surface area contributed by atoms with Gasteiger partial charge in [0.1, 0.15) is 0 Å². The van der Waals surface area contributed by atoms with E-state index < -0.39 is 0 Å². The van der Waals surface area contributed by atoms with E-state index in [1.54, 1.807) is 24.5 Å². The lowest BCUT2D eigenvalue weighted by atomic mass is 10.0. The summed E-state index contributed by atoms with van der Waals surface area (Å²) in [7, 11) is 0. The third kappa shape index (κ3) is 4.45. The molecule has 0 fully saturated rings. The van der Waals surface area contributed by atoms with E-state index in [9.17, 15) is 4.79 Å². The van der Waals surface area contributed by atoms with Crippen LogP contribution in [0.4, 0.5) is 0 Å². The second-order valence-corrected chi connectivity index (χ2v) is 6.45. The largest absolute Gasteiger partial charge is 0.271 e. The minimum atomic E-state index is -0.262. The summed E-state index contributed by atoms with van der Waals surface area (Å²) in [4.78, 5) is 16.8. The van der Waals surface area contributed by atoms with Gasteiger partial charge in [0.15, 0.2) is 0 Å². The average Bonchev–Trinajstić information content (AvgIpc) is 2.81. The van der Waals surface area contributed by atoms with Crippen LogP contribution in [0.3, 0.4) is 0 Å². The number of aromatic nitrogens is 1. The number of rotatable bonds is 5. The summed E-state index contributed by atoms with van der Waals surface area (Å²) in [5.74, 6) is -0.262. The van der Waals surface area contributed by atoms with Crippen molar-refractivity contribution in [2.75, 3.05) is 0 Å². The second kappa shape index (κ2) is 8.76. The Labute approximate surface area is 169 Å². The van der Waals surface area contributed by atoms with Crippen LogP contribution < -0.4 is 5.43 Å². The van der Waals surface area contributed by atoms with Crippen LogP contribution in [0, 0.1) is 0 Å². The van der Waals surface area contributed by atoms with Crippen LogP contribution in [-0.4, -0.2) is 16.6 Å². The topological polar surface area (TPSA) is 54.4 Å². The maximum atomic E-state index is 12.6. The van der Waals surface area contributed by atoms with E-state index in [0.29, 0.717) is 11.3 Å². The standard InChI is InChI=1S/C25H19N3O/c29-25(22-15-13-20(14-16-22)19-8-3-1-4-9-19)28-27-24(21-10-5-2-6-11-21)23-12-7-17-26-18-23/h1-18H,(H,28,29)/b27-24+. The van der Waals surface area contributed by atoms with Crippen molar-refractivity contribution in [2.45, 2.75) is 0 Å². The van der Waals surface area contributed by atoms with Crippen molar-refractivity contribution in [2.24, 2.45) is 5.10 Å². The fraction of sp³-hybridized carbons (Fsp3) is 0. The van der Waals surface area contributed by atoms with Gasteiger partial charge in [-0.2, -0.15) is 5.10 Å². The first kappa shape index (κ1) is 18.3. The number of carbonyl (C=O) groups is 1. The first-order valence-corrected chi connectivity index (χ1v) is 9.30. The number of hydrogen-bond donors (Lipinski definition) is 1. The zero-order chi connectivity index (χ0) is 19.9. The molecule has 29 heavy (non-hydrogen) atoms. The zero-order valence-corrected chi connectivity index (χ0v) is 15.7. The Morgan fingerprint density at radius 2 is 1.28 bits per heavy atom. The highest BCUT2D eigenvalue weighted by atomic mass is 16.2. The van der Waals surface area contributed by atoms with Gasteiger partial charge in [-0.25, -0.2) is 5.43 Å². The highest BCUT2D eigenvalue weighted by Gasteiger charge is 2.10. The van der Waals surface area contributed by atoms with Crippen LogP contribution in [0.5, 0.6) is 0 Å². The minimum Gasteiger partial charge on any atom is -0.267 e. The highest BCUT2D eigenvalue weighted by Crippen LogP contribution is 2.19. The smallest absolute Gasteiger partial charge is 0.267 e. The van der Waals surface area contributed by atoms with E-state index in [0.717, 1.165) is 22.3 Å². The fourth-order valence-corrected chi connectivity index (χ4v) is 3.01. The van der Waals surface area contributed by atoms with Crippen LogP contribution >= 0.6 is 0 Å². The summed E-state index contributed by atoms with van der Waals surface area (Å²) in [6.07, 6.45) is 3.44. The van der Waals surface area contributed by atoms with Crippen molar-refractivity contribution in [3.05, 3.63) is 126 Å². The van der Waals surface area contributed by atoms with Crippen LogP contribution in [-0.2, 0) is 0 Å². The molecule has 140 valence electrons. The molecule has 1 heterocycles. The number of nitrogens with zero attached hydrogens (tertiary/aromatic N) is 2. The molecule has 3 aromatic carbocycles. The van der Waals surface area contributed by atoms with Crippen LogP contribution in [0.15, 0.2) is 115 Å². The SMILES string of the molecule is O=C(N/N=C(\c1ccccc1)c1cccnc1)c1ccc(-c2ccccc2)cc1. The molecule has 1 N–H and O–H groups in total. The van der Waals surface area contributed by atoms with Crippen molar-refractivity contribution in [3.8, 4) is 11.1 Å². The third-order valence-corrected chi connectivity index (χ3v) is 4.51. The molecule has 4 aromatic rings. The monoisotopic (exact) mass is 377 g/mol. The van der Waals surface area contributed by atoms with Gasteiger partial charge in [-0.3, -0.25) is 9.78 Å². The summed E-state index contributed by atoms with van der Waals surface area (Å²) in [5.41, 5.74) is 7.79. The Morgan fingerprint density at radius 1 is 0.655 bits per heavy atom. The Bertz CT molecular complexity index is 1070. The molecule has 0 aliphatic carbocycles. The van der Waals surface area contributed by atoms with Crippen molar-refractivity contribution >= 4 is 11.6 Å². The van der Waals surface area contributed by atoms with Crippen molar-refractivity contribution in [1.29, 1.82) is 0 Å². The summed E-state index contributed by atoms with van der Waals surface area (Å²) < 4.78 is 0. The molecule has 0 saturated carbocycles. The summed E-state index contributed by atoms with van der Waals surface area (Å²) >= 11 is 0. The lowest BCUT2D eigenvalue weighted by Gasteiger charge is -2.08. The number of carbonyl (C=O) groups excluding carboxylic acids is 1. The van der Waals surface area contributed by atoms with Gasteiger partial charge in [-0.15, -0.1) is 0 Å². The van der Waals surface area contributed by atoms with Gasteiger partial charge < -0.3 is 0 Å². The molecule has 0 radical (unpaired) electrons. The lowest BCUT2D eigenvalue weighted by molar-refractivity contribution is 0.0955. The predicted molar refractivity (Wildman–Crippen MR) is 116 cm³/mol. The number of pyridine rings is 1. The molecule has 0 atom stereocenters. The first-order chi connectivity index (χ1) is 14.3. The van der Waals surface area contributed by atoms with Gasteiger partial charge in [-0.1, -0.05) is 72.8 Å². The Balaban J connectivity index is 1.57. The Hall–Kier alpha value is -4.05. The molecule has 0 unspecified atom stereocenters. The summed E-state index contributed by atoms with van der Waals surface area (Å²) in [6, 6.07) is 31.0. The number of amides is 1. The van der Waals surface area contributed by atoms with Crippen molar-refractivity contribution in [1.82, 2.24) is 10.4 Å². The molecule has 0 saturated heterocycles. The van der Waals surface area contributed by atoms with E-state index in [4.69, 9.17) is 0 Å². The molecule has 0 aliphatic heterocycles. The van der Waals surface area contributed by atoms with Crippen LogP contribution in [0.1, 0.15) is 21.5 Å². The van der Waals surface area contributed by atoms with E-state index >= 15 is 0 Å². The summed E-state index contributed by atoms with van der Waals surface area (Å²) in [5, 5.41) is 4.40. The Morgan fingerprint density at radius 3 is 1.93 bits per heavy atom. The lowest BCUT2D eigenvalue weighted by Crippen LogP contribution is -2.20. The van der Waals surface area contributed by atoms with Crippen LogP contribution in [0.2, 0.25) is 0 Å². The quantitative estimate of drug-likeness (QED) is 0.396. The van der Waals surface area contributed by atoms with Crippen molar-refractivity contribution < 1.29 is 4.79 Å². The molecule has 1 aromatic heterocycles. The molecule has 1 amide bonds. The van der Waals surface area contributed by atoms with Gasteiger partial charge in [0.25, 0.3) is 5.91 Å². The van der Waals surface area contributed by atoms with Gasteiger partial charge in [0.2, 0.25) is 0 Å². The van der Waals surface area contributed by atoms with Gasteiger partial charge >= 0.3 is 0 Å². The van der Waals surface area contributed by atoms with Gasteiger partial charge in [0, 0.05) is 29.1 Å². The molecule has 4 nitrogen and oxygen atoms in total. The van der Waals surface area contributed by atoms with Gasteiger partial charge in [0.05, 0.1) is 5.71 Å². The molecule has 4 rings (SSSR count). The molecule has 0 aliphatic rings. The molecule has 4 heteroatoms. The summed E-state index contributed by atoms with van der Waals surface area (Å²) in [6.45, 7) is 0. The number of hydrazone groups is 1. The second-order valence-electron chi connectivity index (χ2n) is 6.45. The van der Waals surface area contributed by atoms with Crippen LogP contribution in [0.25, 0.3) is 11.1 Å². The van der Waals surface area contributed by atoms with E-state index in [-0.39, 0.29) is 5.91 Å². The maximum Gasteiger partial charge on any atom is 0.271 e. The fourth-order valence-electron chi connectivity index (χ4n) is 3.01.